The Labute approximate surface area is 198 Å². The fraction of sp³-hybridized carbons (Fsp3) is 0.565. The van der Waals surface area contributed by atoms with E-state index in [1.54, 1.807) is 0 Å². The predicted octanol–water partition coefficient (Wildman–Crippen LogP) is 3.99. The second-order valence-corrected chi connectivity index (χ2v) is 7.85. The summed E-state index contributed by atoms with van der Waals surface area (Å²) >= 11 is 0. The molecule has 0 amide bonds. The lowest BCUT2D eigenvalue weighted by atomic mass is 10.1. The molecule has 0 bridgehead atoms. The molecule has 30 heavy (non-hydrogen) atoms. The number of ether oxygens (including phenoxy) is 1. The van der Waals surface area contributed by atoms with Gasteiger partial charge in [-0.05, 0) is 51.2 Å². The number of guanidine groups is 1. The molecule has 2 rings (SSSR count). The van der Waals surface area contributed by atoms with Gasteiger partial charge in [-0.25, -0.2) is 0 Å². The topological polar surface area (TPSA) is 63.5 Å². The molecule has 2 atom stereocenters. The summed E-state index contributed by atoms with van der Waals surface area (Å²) in [5.74, 6) is 1.21. The van der Waals surface area contributed by atoms with Crippen LogP contribution in [0.2, 0.25) is 0 Å². The van der Waals surface area contributed by atoms with E-state index in [2.05, 4.69) is 62.5 Å². The highest BCUT2D eigenvalue weighted by Crippen LogP contribution is 2.14. The van der Waals surface area contributed by atoms with Gasteiger partial charge < -0.3 is 15.4 Å². The van der Waals surface area contributed by atoms with Crippen LogP contribution in [0.15, 0.2) is 35.3 Å². The Morgan fingerprint density at radius 3 is 2.50 bits per heavy atom. The Kier molecular flexibility index (Phi) is 12.0. The largest absolute Gasteiger partial charge is 0.376 e. The third-order valence-corrected chi connectivity index (χ3v) is 4.97. The van der Waals surface area contributed by atoms with Gasteiger partial charge in [0.25, 0.3) is 0 Å². The van der Waals surface area contributed by atoms with Gasteiger partial charge in [-0.3, -0.25) is 9.67 Å². The maximum atomic E-state index is 5.84. The molecule has 0 spiro atoms. The third kappa shape index (κ3) is 8.63. The van der Waals surface area contributed by atoms with E-state index in [9.17, 15) is 0 Å². The van der Waals surface area contributed by atoms with Crippen LogP contribution >= 0.6 is 24.0 Å². The SMILES string of the molecule is CCNC(=NCC(C)COCc1ccccc1)NC(C)Cc1c(C)nn(C)c1C.I. The number of benzene rings is 1. The van der Waals surface area contributed by atoms with Crippen LogP contribution in [-0.2, 0) is 24.8 Å². The number of halogens is 1. The molecule has 2 aromatic rings. The van der Waals surface area contributed by atoms with Crippen molar-refractivity contribution in [3.05, 3.63) is 52.8 Å². The summed E-state index contributed by atoms with van der Waals surface area (Å²) in [6.07, 6.45) is 0.922. The van der Waals surface area contributed by atoms with Crippen LogP contribution in [0.5, 0.6) is 0 Å². The van der Waals surface area contributed by atoms with Crippen LogP contribution < -0.4 is 10.6 Å². The lowest BCUT2D eigenvalue weighted by Crippen LogP contribution is -2.43. The molecule has 1 aromatic heterocycles. The molecule has 2 unspecified atom stereocenters. The van der Waals surface area contributed by atoms with E-state index < -0.39 is 0 Å². The number of aryl methyl sites for hydroxylation is 2. The molecule has 168 valence electrons. The summed E-state index contributed by atoms with van der Waals surface area (Å²) in [7, 11) is 2.00. The standard InChI is InChI=1S/C23H37N5O.HI/c1-7-24-23(26-18(3)13-22-19(4)27-28(6)20(22)5)25-14-17(2)15-29-16-21-11-9-8-10-12-21;/h8-12,17-18H,7,13-16H2,1-6H3,(H2,24,25,26);1H. The van der Waals surface area contributed by atoms with Gasteiger partial charge in [0, 0.05) is 31.9 Å². The summed E-state index contributed by atoms with van der Waals surface area (Å²) < 4.78 is 7.80. The number of nitrogens with zero attached hydrogens (tertiary/aromatic N) is 3. The lowest BCUT2D eigenvalue weighted by Gasteiger charge is -2.19. The second-order valence-electron chi connectivity index (χ2n) is 7.85. The van der Waals surface area contributed by atoms with Gasteiger partial charge in [0.2, 0.25) is 0 Å². The normalized spacial score (nSPS) is 13.5. The zero-order chi connectivity index (χ0) is 21.2. The van der Waals surface area contributed by atoms with Crippen molar-refractivity contribution in [2.45, 2.75) is 53.7 Å². The molecule has 1 heterocycles. The predicted molar refractivity (Wildman–Crippen MR) is 136 cm³/mol. The molecule has 0 saturated carbocycles. The lowest BCUT2D eigenvalue weighted by molar-refractivity contribution is 0.0945. The van der Waals surface area contributed by atoms with Crippen molar-refractivity contribution in [3.8, 4) is 0 Å². The van der Waals surface area contributed by atoms with Crippen LogP contribution in [0.4, 0.5) is 0 Å². The minimum Gasteiger partial charge on any atom is -0.376 e. The van der Waals surface area contributed by atoms with Gasteiger partial charge in [-0.15, -0.1) is 24.0 Å². The maximum Gasteiger partial charge on any atom is 0.191 e. The second kappa shape index (κ2) is 13.6. The van der Waals surface area contributed by atoms with E-state index in [4.69, 9.17) is 9.73 Å². The van der Waals surface area contributed by atoms with Crippen molar-refractivity contribution >= 4 is 29.9 Å². The number of aliphatic imine (C=N–C) groups is 1. The maximum absolute atomic E-state index is 5.84. The molecular formula is C23H38IN5O. The molecule has 0 radical (unpaired) electrons. The van der Waals surface area contributed by atoms with Crippen LogP contribution in [0, 0.1) is 19.8 Å². The monoisotopic (exact) mass is 527 g/mol. The smallest absolute Gasteiger partial charge is 0.191 e. The number of hydrogen-bond donors (Lipinski definition) is 2. The molecule has 6 nitrogen and oxygen atoms in total. The quantitative estimate of drug-likeness (QED) is 0.279. The summed E-state index contributed by atoms with van der Waals surface area (Å²) in [6.45, 7) is 13.5. The minimum atomic E-state index is 0. The first-order chi connectivity index (χ1) is 13.9. The molecule has 0 aliphatic heterocycles. The van der Waals surface area contributed by atoms with Crippen molar-refractivity contribution in [1.82, 2.24) is 20.4 Å². The van der Waals surface area contributed by atoms with Crippen molar-refractivity contribution in [2.24, 2.45) is 18.0 Å². The van der Waals surface area contributed by atoms with E-state index >= 15 is 0 Å². The highest BCUT2D eigenvalue weighted by Gasteiger charge is 2.14. The van der Waals surface area contributed by atoms with Crippen LogP contribution in [-0.4, -0.2) is 41.5 Å². The summed E-state index contributed by atoms with van der Waals surface area (Å²) in [6, 6.07) is 10.5. The Balaban J connectivity index is 0.00000450. The zero-order valence-corrected chi connectivity index (χ0v) is 21.6. The van der Waals surface area contributed by atoms with Gasteiger partial charge in [0.05, 0.1) is 18.9 Å². The molecular weight excluding hydrogens is 489 g/mol. The molecule has 1 aromatic carbocycles. The van der Waals surface area contributed by atoms with Crippen molar-refractivity contribution < 1.29 is 4.74 Å². The first-order valence-corrected chi connectivity index (χ1v) is 10.6. The number of rotatable bonds is 10. The van der Waals surface area contributed by atoms with Gasteiger partial charge in [-0.1, -0.05) is 37.3 Å². The Hall–Kier alpha value is -1.61. The molecule has 0 aliphatic carbocycles. The third-order valence-electron chi connectivity index (χ3n) is 4.97. The van der Waals surface area contributed by atoms with Gasteiger partial charge in [-0.2, -0.15) is 5.10 Å². The highest BCUT2D eigenvalue weighted by molar-refractivity contribution is 14.0. The Morgan fingerprint density at radius 2 is 1.90 bits per heavy atom. The van der Waals surface area contributed by atoms with Gasteiger partial charge in [0.1, 0.15) is 0 Å². The zero-order valence-electron chi connectivity index (χ0n) is 19.2. The van der Waals surface area contributed by atoms with E-state index in [0.717, 1.165) is 31.2 Å². The first kappa shape index (κ1) is 26.4. The van der Waals surface area contributed by atoms with Crippen LogP contribution in [0.25, 0.3) is 0 Å². The fourth-order valence-corrected chi connectivity index (χ4v) is 3.28. The van der Waals surface area contributed by atoms with E-state index in [-0.39, 0.29) is 30.0 Å². The summed E-state index contributed by atoms with van der Waals surface area (Å²) in [5.41, 5.74) is 4.84. The Bertz CT molecular complexity index is 775. The number of hydrogen-bond acceptors (Lipinski definition) is 3. The highest BCUT2D eigenvalue weighted by atomic mass is 127. The first-order valence-electron chi connectivity index (χ1n) is 10.6. The number of nitrogens with one attached hydrogen (secondary N) is 2. The molecule has 2 N–H and O–H groups in total. The van der Waals surface area contributed by atoms with E-state index in [0.29, 0.717) is 19.1 Å². The van der Waals surface area contributed by atoms with Crippen molar-refractivity contribution in [3.63, 3.8) is 0 Å². The van der Waals surface area contributed by atoms with Crippen molar-refractivity contribution in [1.29, 1.82) is 0 Å². The average Bonchev–Trinajstić information content (AvgIpc) is 2.93. The van der Waals surface area contributed by atoms with Crippen molar-refractivity contribution in [2.75, 3.05) is 19.7 Å². The van der Waals surface area contributed by atoms with Crippen LogP contribution in [0.1, 0.15) is 43.3 Å². The molecule has 0 saturated heterocycles. The minimum absolute atomic E-state index is 0. The van der Waals surface area contributed by atoms with Gasteiger partial charge >= 0.3 is 0 Å². The summed E-state index contributed by atoms with van der Waals surface area (Å²) in [5, 5.41) is 11.4. The molecule has 7 heteroatoms. The average molecular weight is 527 g/mol. The molecule has 0 aliphatic rings. The van der Waals surface area contributed by atoms with E-state index in [1.807, 2.05) is 29.9 Å². The fourth-order valence-electron chi connectivity index (χ4n) is 3.28. The summed E-state index contributed by atoms with van der Waals surface area (Å²) in [4.78, 5) is 4.76. The number of aromatic nitrogens is 2. The van der Waals surface area contributed by atoms with Crippen LogP contribution in [0.3, 0.4) is 0 Å². The molecule has 0 fully saturated rings. The van der Waals surface area contributed by atoms with Gasteiger partial charge in [0.15, 0.2) is 5.96 Å². The van der Waals surface area contributed by atoms with E-state index in [1.165, 1.54) is 16.8 Å². The Morgan fingerprint density at radius 1 is 1.20 bits per heavy atom.